The molecule has 1 saturated carbocycles. The number of benzene rings is 2. The van der Waals surface area contributed by atoms with Crippen LogP contribution in [0, 0.1) is 23.4 Å². The average Bonchev–Trinajstić information content (AvgIpc) is 2.90. The van der Waals surface area contributed by atoms with Gasteiger partial charge in [0.25, 0.3) is 0 Å². The summed E-state index contributed by atoms with van der Waals surface area (Å²) in [6, 6.07) is 5.33. The number of rotatable bonds is 10. The molecular formula is C27H33F3N4O4. The zero-order valence-electron chi connectivity index (χ0n) is 21.5. The molecule has 1 aliphatic rings. The molecule has 2 amide bonds. The quantitative estimate of drug-likeness (QED) is 0.317. The number of nitrogens with two attached hydrogens (primary N) is 1. The minimum atomic E-state index is -0.931. The molecule has 38 heavy (non-hydrogen) atoms. The molecule has 0 saturated heterocycles. The Labute approximate surface area is 219 Å². The Hall–Kier alpha value is -3.76. The van der Waals surface area contributed by atoms with Gasteiger partial charge < -0.3 is 20.5 Å². The maximum atomic E-state index is 14.2. The van der Waals surface area contributed by atoms with Crippen LogP contribution in [0.1, 0.15) is 49.7 Å². The highest BCUT2D eigenvalue weighted by Gasteiger charge is 2.25. The summed E-state index contributed by atoms with van der Waals surface area (Å²) in [6.45, 7) is 0.106. The molecule has 1 unspecified atom stereocenters. The first-order valence-electron chi connectivity index (χ1n) is 12.4. The Morgan fingerprint density at radius 3 is 2.34 bits per heavy atom. The first-order valence-corrected chi connectivity index (χ1v) is 12.4. The third-order valence-electron chi connectivity index (χ3n) is 6.52. The van der Waals surface area contributed by atoms with Gasteiger partial charge in [-0.3, -0.25) is 14.9 Å². The van der Waals surface area contributed by atoms with E-state index in [4.69, 9.17) is 15.2 Å². The van der Waals surface area contributed by atoms with Crippen molar-refractivity contribution in [2.45, 2.75) is 57.5 Å². The molecule has 2 aromatic rings. The summed E-state index contributed by atoms with van der Waals surface area (Å²) in [6.07, 6.45) is 4.97. The highest BCUT2D eigenvalue weighted by molar-refractivity contribution is 5.98. The van der Waals surface area contributed by atoms with Gasteiger partial charge in [0.1, 0.15) is 23.4 Å². The van der Waals surface area contributed by atoms with E-state index >= 15 is 0 Å². The van der Waals surface area contributed by atoms with E-state index in [-0.39, 0.29) is 29.9 Å². The van der Waals surface area contributed by atoms with Gasteiger partial charge in [0, 0.05) is 24.2 Å². The Kier molecular flexibility index (Phi) is 10.4. The lowest BCUT2D eigenvalue weighted by molar-refractivity contribution is -0.123. The molecule has 8 nitrogen and oxygen atoms in total. The van der Waals surface area contributed by atoms with Gasteiger partial charge >= 0.3 is 0 Å². The fourth-order valence-electron chi connectivity index (χ4n) is 4.49. The van der Waals surface area contributed by atoms with Gasteiger partial charge in [0.2, 0.25) is 11.8 Å². The molecule has 0 aromatic heterocycles. The number of nitrogens with zero attached hydrogens (tertiary/aromatic N) is 1. The van der Waals surface area contributed by atoms with Crippen molar-refractivity contribution >= 4 is 17.8 Å². The van der Waals surface area contributed by atoms with Gasteiger partial charge in [-0.1, -0.05) is 38.2 Å². The fraction of sp³-hybridized carbons (Fsp3) is 0.444. The zero-order valence-corrected chi connectivity index (χ0v) is 21.5. The van der Waals surface area contributed by atoms with Crippen molar-refractivity contribution in [1.29, 1.82) is 0 Å². The normalized spacial score (nSPS) is 15.0. The van der Waals surface area contributed by atoms with Crippen molar-refractivity contribution in [3.63, 3.8) is 0 Å². The zero-order chi connectivity index (χ0) is 27.7. The van der Waals surface area contributed by atoms with Gasteiger partial charge in [-0.2, -0.15) is 0 Å². The van der Waals surface area contributed by atoms with Crippen molar-refractivity contribution in [1.82, 2.24) is 10.6 Å². The molecule has 0 heterocycles. The predicted molar refractivity (Wildman–Crippen MR) is 136 cm³/mol. The Bertz CT molecular complexity index is 1150. The summed E-state index contributed by atoms with van der Waals surface area (Å²) in [7, 11) is 2.62. The second-order valence-electron chi connectivity index (χ2n) is 9.25. The molecule has 1 aliphatic carbocycles. The Morgan fingerprint density at radius 2 is 1.71 bits per heavy atom. The van der Waals surface area contributed by atoms with Crippen molar-refractivity contribution in [2.75, 3.05) is 14.2 Å². The van der Waals surface area contributed by atoms with Gasteiger partial charge in [-0.15, -0.1) is 0 Å². The lowest BCUT2D eigenvalue weighted by Gasteiger charge is -2.24. The SMILES string of the molecule is COc1cc(F)c(CC(=O)NC(N)=NC(CC2CCCCC2)C(=O)NCc2ccc(F)c(OC)c2)c(F)c1. The number of halogens is 3. The third-order valence-corrected chi connectivity index (χ3v) is 6.52. The van der Waals surface area contributed by atoms with Crippen molar-refractivity contribution in [3.05, 3.63) is 58.9 Å². The van der Waals surface area contributed by atoms with Crippen LogP contribution < -0.4 is 25.8 Å². The lowest BCUT2D eigenvalue weighted by Crippen LogP contribution is -2.42. The van der Waals surface area contributed by atoms with Gasteiger partial charge in [-0.05, 0) is 30.0 Å². The highest BCUT2D eigenvalue weighted by Crippen LogP contribution is 2.28. The summed E-state index contributed by atoms with van der Waals surface area (Å²) in [5, 5.41) is 5.10. The van der Waals surface area contributed by atoms with E-state index in [9.17, 15) is 22.8 Å². The Balaban J connectivity index is 1.69. The first-order chi connectivity index (χ1) is 18.2. The second-order valence-corrected chi connectivity index (χ2v) is 9.25. The number of methoxy groups -OCH3 is 2. The number of guanidine groups is 1. The van der Waals surface area contributed by atoms with E-state index in [2.05, 4.69) is 15.6 Å². The van der Waals surface area contributed by atoms with E-state index < -0.39 is 47.3 Å². The van der Waals surface area contributed by atoms with E-state index in [1.54, 1.807) is 0 Å². The number of amides is 2. The number of hydrogen-bond donors (Lipinski definition) is 3. The van der Waals surface area contributed by atoms with Crippen LogP contribution in [0.2, 0.25) is 0 Å². The summed E-state index contributed by atoms with van der Waals surface area (Å²) in [4.78, 5) is 29.8. The average molecular weight is 535 g/mol. The molecule has 206 valence electrons. The van der Waals surface area contributed by atoms with Crippen LogP contribution in [0.15, 0.2) is 35.3 Å². The van der Waals surface area contributed by atoms with E-state index in [0.29, 0.717) is 12.0 Å². The number of aliphatic imine (C=N–C) groups is 1. The summed E-state index contributed by atoms with van der Waals surface area (Å²) < 4.78 is 51.9. The van der Waals surface area contributed by atoms with Crippen LogP contribution in [0.5, 0.6) is 11.5 Å². The predicted octanol–water partition coefficient (Wildman–Crippen LogP) is 3.75. The molecule has 0 spiro atoms. The lowest BCUT2D eigenvalue weighted by atomic mass is 9.84. The van der Waals surface area contributed by atoms with Crippen molar-refractivity contribution in [2.24, 2.45) is 16.6 Å². The van der Waals surface area contributed by atoms with Crippen LogP contribution >= 0.6 is 0 Å². The number of hydrogen-bond acceptors (Lipinski definition) is 5. The largest absolute Gasteiger partial charge is 0.497 e. The molecule has 2 aromatic carbocycles. The molecule has 1 fully saturated rings. The van der Waals surface area contributed by atoms with Gasteiger partial charge in [0.05, 0.1) is 20.6 Å². The monoisotopic (exact) mass is 534 g/mol. The third kappa shape index (κ3) is 8.12. The van der Waals surface area contributed by atoms with Crippen LogP contribution in [-0.2, 0) is 22.6 Å². The summed E-state index contributed by atoms with van der Waals surface area (Å²) in [5.74, 6) is -3.60. The molecule has 0 aliphatic heterocycles. The highest BCUT2D eigenvalue weighted by atomic mass is 19.1. The maximum Gasteiger partial charge on any atom is 0.245 e. The number of carbonyl (C=O) groups excluding carboxylic acids is 2. The van der Waals surface area contributed by atoms with E-state index in [1.807, 2.05) is 0 Å². The maximum absolute atomic E-state index is 14.2. The molecule has 0 bridgehead atoms. The van der Waals surface area contributed by atoms with Crippen LogP contribution in [0.4, 0.5) is 13.2 Å². The molecule has 11 heteroatoms. The van der Waals surface area contributed by atoms with Crippen LogP contribution in [0.25, 0.3) is 0 Å². The summed E-state index contributed by atoms with van der Waals surface area (Å²) >= 11 is 0. The second kappa shape index (κ2) is 13.7. The van der Waals surface area contributed by atoms with E-state index in [0.717, 1.165) is 44.2 Å². The van der Waals surface area contributed by atoms with Crippen molar-refractivity contribution in [3.8, 4) is 11.5 Å². The minimum Gasteiger partial charge on any atom is -0.497 e. The number of nitrogens with one attached hydrogen (secondary N) is 2. The first kappa shape index (κ1) is 28.8. The fourth-order valence-corrected chi connectivity index (χ4v) is 4.49. The molecule has 0 radical (unpaired) electrons. The molecule has 1 atom stereocenters. The van der Waals surface area contributed by atoms with Crippen molar-refractivity contribution < 1.29 is 32.2 Å². The van der Waals surface area contributed by atoms with E-state index in [1.165, 1.54) is 32.4 Å². The number of ether oxygens (including phenoxy) is 2. The molecular weight excluding hydrogens is 501 g/mol. The summed E-state index contributed by atoms with van der Waals surface area (Å²) in [5.41, 5.74) is 6.11. The standard InChI is InChI=1S/C27H33F3N4O4/c1-37-18-12-21(29)19(22(30)13-18)14-25(35)34-27(31)33-23(10-16-6-4-3-5-7-16)26(36)32-15-17-8-9-20(28)24(11-17)38-2/h8-9,11-13,16,23H,3-7,10,14-15H2,1-2H3,(H,32,36)(H3,31,33,34,35). The van der Waals surface area contributed by atoms with Crippen LogP contribution in [0.3, 0.4) is 0 Å². The topological polar surface area (TPSA) is 115 Å². The number of carbonyl (C=O) groups is 2. The molecule has 3 rings (SSSR count). The van der Waals surface area contributed by atoms with Gasteiger partial charge in [-0.25, -0.2) is 18.2 Å². The molecule has 4 N–H and O–H groups in total. The smallest absolute Gasteiger partial charge is 0.245 e. The minimum absolute atomic E-state index is 0.0131. The Morgan fingerprint density at radius 1 is 1.03 bits per heavy atom. The van der Waals surface area contributed by atoms with Crippen LogP contribution in [-0.4, -0.2) is 38.0 Å². The van der Waals surface area contributed by atoms with Gasteiger partial charge in [0.15, 0.2) is 17.5 Å².